The van der Waals surface area contributed by atoms with Crippen molar-refractivity contribution in [2.45, 2.75) is 6.42 Å². The Kier molecular flexibility index (Phi) is 6.11. The number of fused-ring (bicyclic) bond motifs is 1. The Morgan fingerprint density at radius 1 is 1.00 bits per heavy atom. The fourth-order valence-electron chi connectivity index (χ4n) is 2.52. The van der Waals surface area contributed by atoms with Gasteiger partial charge in [-0.15, -0.1) is 0 Å². The van der Waals surface area contributed by atoms with Crippen molar-refractivity contribution in [1.82, 2.24) is 5.43 Å². The highest BCUT2D eigenvalue weighted by molar-refractivity contribution is 9.11. The van der Waals surface area contributed by atoms with Crippen molar-refractivity contribution in [2.24, 2.45) is 5.10 Å². The first-order valence-corrected chi connectivity index (χ1v) is 9.99. The summed E-state index contributed by atoms with van der Waals surface area (Å²) in [5.74, 6) is -0.117. The molecule has 2 N–H and O–H groups in total. The first-order chi connectivity index (χ1) is 12.5. The Bertz CT molecular complexity index is 1020. The molecule has 3 aromatic rings. The van der Waals surface area contributed by atoms with Crippen molar-refractivity contribution < 1.29 is 9.90 Å². The predicted octanol–water partition coefficient (Wildman–Crippen LogP) is 5.53. The maximum atomic E-state index is 12.2. The van der Waals surface area contributed by atoms with Crippen LogP contribution >= 0.6 is 47.8 Å². The van der Waals surface area contributed by atoms with Crippen LogP contribution in [0.25, 0.3) is 10.8 Å². The third kappa shape index (κ3) is 4.34. The van der Waals surface area contributed by atoms with Gasteiger partial charge in [-0.1, -0.05) is 62.2 Å². The van der Waals surface area contributed by atoms with Crippen LogP contribution < -0.4 is 5.43 Å². The van der Waals surface area contributed by atoms with Gasteiger partial charge in [0.1, 0.15) is 5.75 Å². The number of rotatable bonds is 4. The quantitative estimate of drug-likeness (QED) is 0.338. The van der Waals surface area contributed by atoms with E-state index < -0.39 is 0 Å². The molecule has 0 heterocycles. The van der Waals surface area contributed by atoms with E-state index in [2.05, 4.69) is 58.3 Å². The summed E-state index contributed by atoms with van der Waals surface area (Å²) in [6.07, 6.45) is 1.70. The number of hydrogen-bond acceptors (Lipinski definition) is 3. The van der Waals surface area contributed by atoms with Crippen LogP contribution in [0.2, 0.25) is 0 Å². The van der Waals surface area contributed by atoms with Crippen LogP contribution in [0.4, 0.5) is 0 Å². The molecule has 0 radical (unpaired) electrons. The number of carbonyl (C=O) groups excluding carboxylic acids is 1. The number of phenolic OH excluding ortho intramolecular Hbond substituents is 1. The Morgan fingerprint density at radius 3 is 2.50 bits per heavy atom. The lowest BCUT2D eigenvalue weighted by molar-refractivity contribution is -0.120. The predicted molar refractivity (Wildman–Crippen MR) is 115 cm³/mol. The average molecular weight is 541 g/mol. The molecule has 0 unspecified atom stereocenters. The minimum Gasteiger partial charge on any atom is -0.507 e. The van der Waals surface area contributed by atoms with Crippen molar-refractivity contribution in [2.75, 3.05) is 0 Å². The molecule has 3 rings (SSSR count). The number of aromatic hydroxyl groups is 1. The van der Waals surface area contributed by atoms with Crippen molar-refractivity contribution >= 4 is 70.7 Å². The molecule has 0 spiro atoms. The number of amides is 1. The smallest absolute Gasteiger partial charge is 0.244 e. The van der Waals surface area contributed by atoms with Gasteiger partial charge in [-0.25, -0.2) is 5.43 Å². The highest BCUT2D eigenvalue weighted by Crippen LogP contribution is 2.30. The average Bonchev–Trinajstić information content (AvgIpc) is 2.62. The van der Waals surface area contributed by atoms with E-state index >= 15 is 0 Å². The normalized spacial score (nSPS) is 11.2. The molecule has 0 atom stereocenters. The van der Waals surface area contributed by atoms with E-state index in [1.54, 1.807) is 12.1 Å². The molecule has 132 valence electrons. The summed E-state index contributed by atoms with van der Waals surface area (Å²) in [5, 5.41) is 15.8. The molecule has 1 amide bonds. The standard InChI is InChI=1S/C19H13Br3N2O2/c20-15-6-5-11(13-3-1-2-4-14(13)15)8-19(26)24-23-10-12-7-18(25)17(22)9-16(12)21/h1-7,9-10,25H,8H2,(H,24,26)/b23-10-. The summed E-state index contributed by atoms with van der Waals surface area (Å²) in [7, 11) is 0. The fourth-order valence-corrected chi connectivity index (χ4v) is 4.09. The van der Waals surface area contributed by atoms with Gasteiger partial charge in [-0.05, 0) is 50.5 Å². The largest absolute Gasteiger partial charge is 0.507 e. The second kappa shape index (κ2) is 8.33. The van der Waals surface area contributed by atoms with Crippen molar-refractivity contribution in [3.63, 3.8) is 0 Å². The van der Waals surface area contributed by atoms with Crippen LogP contribution in [0.15, 0.2) is 67.1 Å². The van der Waals surface area contributed by atoms with E-state index in [9.17, 15) is 9.90 Å². The van der Waals surface area contributed by atoms with E-state index in [-0.39, 0.29) is 18.1 Å². The summed E-state index contributed by atoms with van der Waals surface area (Å²) in [4.78, 5) is 12.2. The number of benzene rings is 3. The first-order valence-electron chi connectivity index (χ1n) is 7.61. The Morgan fingerprint density at radius 2 is 1.73 bits per heavy atom. The Labute approximate surface area is 175 Å². The summed E-state index contributed by atoms with van der Waals surface area (Å²) < 4.78 is 2.32. The van der Waals surface area contributed by atoms with Crippen LogP contribution in [-0.2, 0) is 11.2 Å². The maximum absolute atomic E-state index is 12.2. The third-order valence-electron chi connectivity index (χ3n) is 3.77. The van der Waals surface area contributed by atoms with Gasteiger partial charge >= 0.3 is 0 Å². The second-order valence-electron chi connectivity index (χ2n) is 5.55. The van der Waals surface area contributed by atoms with Crippen molar-refractivity contribution in [1.29, 1.82) is 0 Å². The lowest BCUT2D eigenvalue weighted by Gasteiger charge is -2.07. The van der Waals surface area contributed by atoms with Gasteiger partial charge in [0, 0.05) is 14.5 Å². The van der Waals surface area contributed by atoms with E-state index in [0.29, 0.717) is 10.0 Å². The van der Waals surface area contributed by atoms with Gasteiger partial charge in [0.2, 0.25) is 5.91 Å². The molecular weight excluding hydrogens is 528 g/mol. The van der Waals surface area contributed by atoms with Gasteiger partial charge in [0.25, 0.3) is 0 Å². The van der Waals surface area contributed by atoms with E-state index in [1.807, 2.05) is 36.4 Å². The minimum atomic E-state index is -0.216. The van der Waals surface area contributed by atoms with E-state index in [1.165, 1.54) is 6.21 Å². The number of halogens is 3. The van der Waals surface area contributed by atoms with E-state index in [4.69, 9.17) is 0 Å². The summed E-state index contributed by atoms with van der Waals surface area (Å²) >= 11 is 10.2. The topological polar surface area (TPSA) is 61.7 Å². The molecule has 3 aromatic carbocycles. The summed E-state index contributed by atoms with van der Waals surface area (Å²) in [5.41, 5.74) is 4.11. The highest BCUT2D eigenvalue weighted by atomic mass is 79.9. The maximum Gasteiger partial charge on any atom is 0.244 e. The molecule has 0 aromatic heterocycles. The van der Waals surface area contributed by atoms with Crippen molar-refractivity contribution in [3.05, 3.63) is 73.1 Å². The second-order valence-corrected chi connectivity index (χ2v) is 8.11. The molecule has 0 saturated carbocycles. The van der Waals surface area contributed by atoms with Crippen LogP contribution in [0.5, 0.6) is 5.75 Å². The molecule has 7 heteroatoms. The lowest BCUT2D eigenvalue weighted by atomic mass is 10.0. The molecule has 0 fully saturated rings. The molecule has 0 saturated heterocycles. The van der Waals surface area contributed by atoms with Gasteiger partial charge < -0.3 is 5.11 Å². The monoisotopic (exact) mass is 538 g/mol. The van der Waals surface area contributed by atoms with Crippen LogP contribution in [0.3, 0.4) is 0 Å². The molecular formula is C19H13Br3N2O2. The molecule has 26 heavy (non-hydrogen) atoms. The van der Waals surface area contributed by atoms with Crippen LogP contribution in [0.1, 0.15) is 11.1 Å². The number of hydrogen-bond donors (Lipinski definition) is 2. The third-order valence-corrected chi connectivity index (χ3v) is 5.78. The number of phenols is 1. The van der Waals surface area contributed by atoms with Gasteiger partial charge in [-0.2, -0.15) is 5.10 Å². The Balaban J connectivity index is 1.72. The minimum absolute atomic E-state index is 0.0994. The van der Waals surface area contributed by atoms with Crippen LogP contribution in [-0.4, -0.2) is 17.2 Å². The Hall–Kier alpha value is -1.70. The number of nitrogens with one attached hydrogen (secondary N) is 1. The molecule has 0 bridgehead atoms. The zero-order valence-electron chi connectivity index (χ0n) is 13.3. The highest BCUT2D eigenvalue weighted by Gasteiger charge is 2.09. The van der Waals surface area contributed by atoms with Crippen molar-refractivity contribution in [3.8, 4) is 5.75 Å². The van der Waals surface area contributed by atoms with Crippen LogP contribution in [0, 0.1) is 0 Å². The molecule has 0 aliphatic heterocycles. The first kappa shape index (κ1) is 19.1. The van der Waals surface area contributed by atoms with Gasteiger partial charge in [-0.3, -0.25) is 4.79 Å². The number of carbonyl (C=O) groups is 1. The lowest BCUT2D eigenvalue weighted by Crippen LogP contribution is -2.20. The summed E-state index contributed by atoms with van der Waals surface area (Å²) in [6, 6.07) is 15.1. The SMILES string of the molecule is O=C(Cc1ccc(Br)c2ccccc12)N/N=C\c1cc(O)c(Br)cc1Br. The zero-order chi connectivity index (χ0) is 18.7. The molecule has 0 aliphatic rings. The summed E-state index contributed by atoms with van der Waals surface area (Å²) in [6.45, 7) is 0. The van der Waals surface area contributed by atoms with E-state index in [0.717, 1.165) is 25.3 Å². The van der Waals surface area contributed by atoms with Gasteiger partial charge in [0.05, 0.1) is 17.1 Å². The number of nitrogens with zero attached hydrogens (tertiary/aromatic N) is 1. The number of hydrazone groups is 1. The zero-order valence-corrected chi connectivity index (χ0v) is 18.1. The van der Waals surface area contributed by atoms with Gasteiger partial charge in [0.15, 0.2) is 0 Å². The molecule has 0 aliphatic carbocycles. The molecule has 4 nitrogen and oxygen atoms in total. The fraction of sp³-hybridized carbons (Fsp3) is 0.0526.